The van der Waals surface area contributed by atoms with Gasteiger partial charge in [0.2, 0.25) is 0 Å². The van der Waals surface area contributed by atoms with Crippen LogP contribution in [0.3, 0.4) is 0 Å². The van der Waals surface area contributed by atoms with Crippen molar-refractivity contribution in [1.29, 1.82) is 0 Å². The fourth-order valence-corrected chi connectivity index (χ4v) is 3.14. The van der Waals surface area contributed by atoms with Crippen molar-refractivity contribution in [2.45, 2.75) is 12.8 Å². The number of carbonyl (C=O) groups is 1. The Labute approximate surface area is 142 Å². The lowest BCUT2D eigenvalue weighted by atomic mass is 10.0. The van der Waals surface area contributed by atoms with E-state index in [0.717, 1.165) is 31.6 Å². The van der Waals surface area contributed by atoms with Crippen molar-refractivity contribution in [3.63, 3.8) is 0 Å². The Bertz CT molecular complexity index is 673. The Balaban J connectivity index is 1.53. The maximum Gasteiger partial charge on any atom is 0.414 e. The van der Waals surface area contributed by atoms with Crippen molar-refractivity contribution < 1.29 is 14.3 Å². The van der Waals surface area contributed by atoms with Gasteiger partial charge in [-0.05, 0) is 30.9 Å². The van der Waals surface area contributed by atoms with Crippen molar-refractivity contribution >= 4 is 29.0 Å². The van der Waals surface area contributed by atoms with Crippen molar-refractivity contribution in [1.82, 2.24) is 15.3 Å². The molecule has 1 saturated heterocycles. The van der Waals surface area contributed by atoms with Crippen LogP contribution in [-0.2, 0) is 4.74 Å². The number of carbonyl (C=O) groups excluding carboxylic acids is 1. The maximum absolute atomic E-state index is 11.8. The fraction of sp³-hybridized carbons (Fsp3) is 0.400. The molecule has 8 heteroatoms. The lowest BCUT2D eigenvalue weighted by Crippen LogP contribution is -2.33. The van der Waals surface area contributed by atoms with Gasteiger partial charge in [0.05, 0.1) is 5.69 Å². The molecule has 0 bridgehead atoms. The summed E-state index contributed by atoms with van der Waals surface area (Å²) in [7, 11) is 0. The molecule has 1 aliphatic rings. The number of rotatable bonds is 4. The van der Waals surface area contributed by atoms with Gasteiger partial charge in [0.15, 0.2) is 0 Å². The molecule has 3 heterocycles. The van der Waals surface area contributed by atoms with E-state index in [2.05, 4.69) is 15.3 Å². The van der Waals surface area contributed by atoms with Crippen LogP contribution in [0.15, 0.2) is 23.7 Å². The number of ether oxygens (including phenoxy) is 2. The molecule has 0 aromatic carbocycles. The second kappa shape index (κ2) is 7.72. The third-order valence-electron chi connectivity index (χ3n) is 3.56. The molecule has 0 atom stereocenters. The highest BCUT2D eigenvalue weighted by molar-refractivity contribution is 7.11. The average molecular weight is 354 g/mol. The third kappa shape index (κ3) is 4.63. The first-order chi connectivity index (χ1) is 11.2. The predicted octanol–water partition coefficient (Wildman–Crippen LogP) is 3.37. The van der Waals surface area contributed by atoms with Crippen LogP contribution < -0.4 is 10.1 Å². The second-order valence-corrected chi connectivity index (χ2v) is 6.40. The zero-order valence-electron chi connectivity index (χ0n) is 12.3. The number of hydrogen-bond acceptors (Lipinski definition) is 6. The van der Waals surface area contributed by atoms with Crippen molar-refractivity contribution in [3.05, 3.63) is 28.9 Å². The normalized spacial score (nSPS) is 15.3. The molecule has 2 aromatic heterocycles. The molecule has 0 saturated carbocycles. The highest BCUT2D eigenvalue weighted by Crippen LogP contribution is 2.27. The minimum absolute atomic E-state index is 0.303. The zero-order valence-corrected chi connectivity index (χ0v) is 13.9. The summed E-state index contributed by atoms with van der Waals surface area (Å²) in [6.45, 7) is 2.11. The second-order valence-electron chi connectivity index (χ2n) is 5.19. The van der Waals surface area contributed by atoms with E-state index in [1.54, 1.807) is 18.3 Å². The topological polar surface area (TPSA) is 73.3 Å². The summed E-state index contributed by atoms with van der Waals surface area (Å²) >= 11 is 7.12. The summed E-state index contributed by atoms with van der Waals surface area (Å²) in [6.07, 6.45) is 3.05. The number of halogens is 1. The Kier molecular flexibility index (Phi) is 5.43. The third-order valence-corrected chi connectivity index (χ3v) is 4.49. The highest BCUT2D eigenvalue weighted by atomic mass is 35.5. The van der Waals surface area contributed by atoms with E-state index in [1.807, 2.05) is 5.38 Å². The van der Waals surface area contributed by atoms with Crippen LogP contribution in [0.25, 0.3) is 11.3 Å². The number of amides is 1. The molecule has 122 valence electrons. The SMILES string of the molecule is O=C(NCC1CCOCC1)Oc1nc(-c2ccnc(Cl)c2)cs1. The standard InChI is InChI=1S/C15H16ClN3O3S/c16-13-7-11(1-4-17-13)12-9-23-15(19-12)22-14(20)18-8-10-2-5-21-6-3-10/h1,4,7,9-10H,2-3,5-6,8H2,(H,18,20). The summed E-state index contributed by atoms with van der Waals surface area (Å²) in [4.78, 5) is 20.0. The summed E-state index contributed by atoms with van der Waals surface area (Å²) in [6, 6.07) is 3.52. The van der Waals surface area contributed by atoms with E-state index in [0.29, 0.717) is 28.5 Å². The summed E-state index contributed by atoms with van der Waals surface area (Å²) in [5.41, 5.74) is 1.53. The molecule has 0 unspecified atom stereocenters. The molecule has 0 aliphatic carbocycles. The highest BCUT2D eigenvalue weighted by Gasteiger charge is 2.16. The van der Waals surface area contributed by atoms with Crippen molar-refractivity contribution in [2.75, 3.05) is 19.8 Å². The van der Waals surface area contributed by atoms with Gasteiger partial charge < -0.3 is 14.8 Å². The summed E-state index contributed by atoms with van der Waals surface area (Å²) < 4.78 is 10.5. The minimum Gasteiger partial charge on any atom is -0.381 e. The predicted molar refractivity (Wildman–Crippen MR) is 87.9 cm³/mol. The van der Waals surface area contributed by atoms with Crippen LogP contribution >= 0.6 is 22.9 Å². The minimum atomic E-state index is -0.481. The number of nitrogens with zero attached hydrogens (tertiary/aromatic N) is 2. The van der Waals surface area contributed by atoms with Gasteiger partial charge in [-0.1, -0.05) is 22.9 Å². The first-order valence-electron chi connectivity index (χ1n) is 7.31. The molecule has 3 rings (SSSR count). The molecule has 1 fully saturated rings. The molecule has 2 aromatic rings. The van der Waals surface area contributed by atoms with E-state index in [-0.39, 0.29) is 0 Å². The van der Waals surface area contributed by atoms with Crippen molar-refractivity contribution in [2.24, 2.45) is 5.92 Å². The van der Waals surface area contributed by atoms with Crippen LogP contribution in [0.4, 0.5) is 4.79 Å². The Morgan fingerprint density at radius 3 is 3.09 bits per heavy atom. The Morgan fingerprint density at radius 1 is 1.48 bits per heavy atom. The molecule has 1 amide bonds. The smallest absolute Gasteiger partial charge is 0.381 e. The van der Waals surface area contributed by atoms with Crippen molar-refractivity contribution in [3.8, 4) is 16.5 Å². The van der Waals surface area contributed by atoms with E-state index < -0.39 is 6.09 Å². The Hall–Kier alpha value is -1.70. The first kappa shape index (κ1) is 16.2. The van der Waals surface area contributed by atoms with Gasteiger partial charge in [0.25, 0.3) is 5.19 Å². The lowest BCUT2D eigenvalue weighted by Gasteiger charge is -2.21. The van der Waals surface area contributed by atoms with Gasteiger partial charge >= 0.3 is 6.09 Å². The van der Waals surface area contributed by atoms with Crippen LogP contribution in [0.1, 0.15) is 12.8 Å². The van der Waals surface area contributed by atoms with Gasteiger partial charge in [-0.25, -0.2) is 14.8 Å². The molecule has 1 N–H and O–H groups in total. The van der Waals surface area contributed by atoms with Crippen LogP contribution in [0, 0.1) is 5.92 Å². The van der Waals surface area contributed by atoms with Crippen LogP contribution in [0.2, 0.25) is 5.15 Å². The molecule has 0 spiro atoms. The van der Waals surface area contributed by atoms with E-state index in [1.165, 1.54) is 11.3 Å². The molecular formula is C15H16ClN3O3S. The zero-order chi connectivity index (χ0) is 16.1. The molecular weight excluding hydrogens is 338 g/mol. The van der Waals surface area contributed by atoms with Gasteiger partial charge in [-0.3, -0.25) is 0 Å². The summed E-state index contributed by atoms with van der Waals surface area (Å²) in [5, 5.41) is 5.29. The number of nitrogens with one attached hydrogen (secondary N) is 1. The number of thiazole rings is 1. The first-order valence-corrected chi connectivity index (χ1v) is 8.57. The van der Waals surface area contributed by atoms with E-state index in [9.17, 15) is 4.79 Å². The van der Waals surface area contributed by atoms with Gasteiger partial charge in [-0.15, -0.1) is 0 Å². The van der Waals surface area contributed by atoms with Gasteiger partial charge in [0.1, 0.15) is 5.15 Å². The van der Waals surface area contributed by atoms with E-state index >= 15 is 0 Å². The molecule has 0 radical (unpaired) electrons. The fourth-order valence-electron chi connectivity index (χ4n) is 2.29. The quantitative estimate of drug-likeness (QED) is 0.853. The van der Waals surface area contributed by atoms with Crippen LogP contribution in [0.5, 0.6) is 5.19 Å². The number of aromatic nitrogens is 2. The monoisotopic (exact) mass is 353 g/mol. The van der Waals surface area contributed by atoms with Crippen LogP contribution in [-0.4, -0.2) is 35.8 Å². The van der Waals surface area contributed by atoms with Gasteiger partial charge in [0, 0.05) is 36.9 Å². The maximum atomic E-state index is 11.8. The number of hydrogen-bond donors (Lipinski definition) is 1. The average Bonchev–Trinajstić information content (AvgIpc) is 3.02. The Morgan fingerprint density at radius 2 is 2.30 bits per heavy atom. The van der Waals surface area contributed by atoms with Gasteiger partial charge in [-0.2, -0.15) is 0 Å². The summed E-state index contributed by atoms with van der Waals surface area (Å²) in [5.74, 6) is 0.446. The van der Waals surface area contributed by atoms with E-state index in [4.69, 9.17) is 21.1 Å². The molecule has 23 heavy (non-hydrogen) atoms. The largest absolute Gasteiger partial charge is 0.414 e. The number of pyridine rings is 1. The molecule has 6 nitrogen and oxygen atoms in total. The lowest BCUT2D eigenvalue weighted by molar-refractivity contribution is 0.0663. The molecule has 1 aliphatic heterocycles.